The van der Waals surface area contributed by atoms with Crippen LogP contribution in [0.3, 0.4) is 0 Å². The van der Waals surface area contributed by atoms with Gasteiger partial charge in [0.25, 0.3) is 0 Å². The van der Waals surface area contributed by atoms with E-state index in [0.29, 0.717) is 0 Å². The molecular formula is C15H12N2O2. The molecule has 94 valence electrons. The van der Waals surface area contributed by atoms with E-state index in [-0.39, 0.29) is 0 Å². The van der Waals surface area contributed by atoms with E-state index in [1.54, 1.807) is 0 Å². The van der Waals surface area contributed by atoms with Crippen LogP contribution in [0, 0.1) is 10.8 Å². The van der Waals surface area contributed by atoms with E-state index in [9.17, 15) is 0 Å². The predicted molar refractivity (Wildman–Crippen MR) is 73.0 cm³/mol. The van der Waals surface area contributed by atoms with Crippen LogP contribution in [0.5, 0.6) is 0 Å². The van der Waals surface area contributed by atoms with Crippen molar-refractivity contribution >= 4 is 23.3 Å². The average molecular weight is 252 g/mol. The number of isocyanates is 2. The van der Waals surface area contributed by atoms with Crippen LogP contribution in [0.4, 0.5) is 0 Å². The second kappa shape index (κ2) is 6.82. The molecule has 1 aromatic rings. The Hall–Kier alpha value is -2.80. The van der Waals surface area contributed by atoms with Crippen molar-refractivity contribution in [1.82, 2.24) is 0 Å². The average Bonchev–Trinajstić information content (AvgIpc) is 2.37. The number of hydrogen-bond donors (Lipinski definition) is 2. The Kier molecular flexibility index (Phi) is 5.12. The van der Waals surface area contributed by atoms with Gasteiger partial charge in [-0.05, 0) is 34.3 Å². The lowest BCUT2D eigenvalue weighted by atomic mass is 9.74. The summed E-state index contributed by atoms with van der Waals surface area (Å²) in [4.78, 5) is 16.7. The molecule has 19 heavy (non-hydrogen) atoms. The smallest absolute Gasteiger partial charge is 0.222 e. The van der Waals surface area contributed by atoms with Gasteiger partial charge >= 0.3 is 0 Å². The standard InChI is InChI=1S/C13H10.2CHNO/c1-9-5-4-8-12-10-6-2-3-7-11(10)13(9)12;2*2-1-3/h2-4,6-8H,1,5H2;2*2H. The van der Waals surface area contributed by atoms with E-state index in [1.165, 1.54) is 27.8 Å². The maximum Gasteiger partial charge on any atom is 0.231 e. The molecule has 0 aromatic heterocycles. The van der Waals surface area contributed by atoms with Crippen LogP contribution in [-0.4, -0.2) is 12.2 Å². The Labute approximate surface area is 110 Å². The van der Waals surface area contributed by atoms with Crippen molar-refractivity contribution in [3.63, 3.8) is 0 Å². The fourth-order valence-electron chi connectivity index (χ4n) is 2.13. The third-order valence-electron chi connectivity index (χ3n) is 2.76. The Morgan fingerprint density at radius 1 is 1.05 bits per heavy atom. The van der Waals surface area contributed by atoms with Gasteiger partial charge in [-0.2, -0.15) is 0 Å². The van der Waals surface area contributed by atoms with Crippen molar-refractivity contribution in [2.45, 2.75) is 6.42 Å². The van der Waals surface area contributed by atoms with E-state index in [1.807, 2.05) is 0 Å². The summed E-state index contributed by atoms with van der Waals surface area (Å²) in [5, 5.41) is 10.8. The van der Waals surface area contributed by atoms with Crippen molar-refractivity contribution in [3.8, 4) is 0 Å². The van der Waals surface area contributed by atoms with Crippen molar-refractivity contribution in [1.29, 1.82) is 10.8 Å². The number of rotatable bonds is 0. The lowest BCUT2D eigenvalue weighted by molar-refractivity contribution is 0.562. The number of nitrogens with one attached hydrogen (secondary N) is 2. The Morgan fingerprint density at radius 3 is 2.16 bits per heavy atom. The van der Waals surface area contributed by atoms with Gasteiger partial charge in [0, 0.05) is 0 Å². The first-order valence-electron chi connectivity index (χ1n) is 5.47. The summed E-state index contributed by atoms with van der Waals surface area (Å²) in [6, 6.07) is 8.54. The van der Waals surface area contributed by atoms with Crippen molar-refractivity contribution in [3.05, 3.63) is 59.7 Å². The van der Waals surface area contributed by atoms with Crippen LogP contribution in [0.25, 0.3) is 11.1 Å². The molecule has 2 aliphatic rings. The van der Waals surface area contributed by atoms with Gasteiger partial charge in [0.15, 0.2) is 0 Å². The molecule has 0 bridgehead atoms. The molecule has 2 N–H and O–H groups in total. The molecule has 0 amide bonds. The van der Waals surface area contributed by atoms with E-state index < -0.39 is 0 Å². The van der Waals surface area contributed by atoms with Gasteiger partial charge in [0.2, 0.25) is 12.2 Å². The number of fused-ring (bicyclic) bond motifs is 3. The van der Waals surface area contributed by atoms with E-state index in [0.717, 1.165) is 18.6 Å². The van der Waals surface area contributed by atoms with Gasteiger partial charge in [0.05, 0.1) is 0 Å². The summed E-state index contributed by atoms with van der Waals surface area (Å²) in [5.41, 5.74) is 6.79. The summed E-state index contributed by atoms with van der Waals surface area (Å²) >= 11 is 0. The number of carbonyl (C=O) groups excluding carboxylic acids is 2. The predicted octanol–water partition coefficient (Wildman–Crippen LogP) is 3.23. The second-order valence-corrected chi connectivity index (χ2v) is 3.75. The molecule has 4 nitrogen and oxygen atoms in total. The first-order valence-corrected chi connectivity index (χ1v) is 5.47. The minimum atomic E-state index is 0.750. The highest BCUT2D eigenvalue weighted by atomic mass is 16.1. The van der Waals surface area contributed by atoms with Crippen LogP contribution in [0.15, 0.2) is 48.6 Å². The lowest BCUT2D eigenvalue weighted by Gasteiger charge is -2.29. The van der Waals surface area contributed by atoms with Gasteiger partial charge in [-0.15, -0.1) is 0 Å². The zero-order chi connectivity index (χ0) is 14.3. The maximum absolute atomic E-state index is 8.35. The van der Waals surface area contributed by atoms with Crippen LogP contribution >= 0.6 is 0 Å². The Balaban J connectivity index is 0.000000261. The van der Waals surface area contributed by atoms with E-state index in [2.05, 4.69) is 43.0 Å². The molecule has 2 aliphatic carbocycles. The molecular weight excluding hydrogens is 240 g/mol. The summed E-state index contributed by atoms with van der Waals surface area (Å²) < 4.78 is 0. The molecule has 0 atom stereocenters. The zero-order valence-corrected chi connectivity index (χ0v) is 10.2. The highest BCUT2D eigenvalue weighted by molar-refractivity contribution is 6.13. The number of benzene rings is 1. The summed E-state index contributed by atoms with van der Waals surface area (Å²) in [6.07, 6.45) is 6.91. The summed E-state index contributed by atoms with van der Waals surface area (Å²) in [5.74, 6) is 0. The van der Waals surface area contributed by atoms with Crippen LogP contribution < -0.4 is 0 Å². The third-order valence-corrected chi connectivity index (χ3v) is 2.76. The summed E-state index contributed by atoms with van der Waals surface area (Å²) in [6.45, 7) is 4.09. The molecule has 0 radical (unpaired) electrons. The van der Waals surface area contributed by atoms with Crippen molar-refractivity contribution in [2.75, 3.05) is 0 Å². The minimum absolute atomic E-state index is 0.750. The topological polar surface area (TPSA) is 81.8 Å². The van der Waals surface area contributed by atoms with Crippen LogP contribution in [-0.2, 0) is 9.59 Å². The molecule has 1 aromatic carbocycles. The fourth-order valence-corrected chi connectivity index (χ4v) is 2.13. The normalized spacial score (nSPS) is 13.2. The lowest BCUT2D eigenvalue weighted by Crippen LogP contribution is -2.08. The second-order valence-electron chi connectivity index (χ2n) is 3.75. The SMILES string of the molecule is C=C1CC=CC2=C1c1ccccc12.N=C=O.N=C=O. The van der Waals surface area contributed by atoms with Gasteiger partial charge < -0.3 is 0 Å². The third kappa shape index (κ3) is 2.90. The van der Waals surface area contributed by atoms with Crippen molar-refractivity contribution < 1.29 is 9.59 Å². The fraction of sp³-hybridized carbons (Fsp3) is 0.0667. The highest BCUT2D eigenvalue weighted by Crippen LogP contribution is 2.47. The molecule has 0 spiro atoms. The first-order chi connectivity index (χ1) is 9.21. The van der Waals surface area contributed by atoms with Gasteiger partial charge in [-0.1, -0.05) is 43.0 Å². The first kappa shape index (κ1) is 14.3. The van der Waals surface area contributed by atoms with Gasteiger partial charge in [0.1, 0.15) is 0 Å². The van der Waals surface area contributed by atoms with Gasteiger partial charge in [-0.25, -0.2) is 20.4 Å². The molecule has 0 saturated heterocycles. The zero-order valence-electron chi connectivity index (χ0n) is 10.2. The van der Waals surface area contributed by atoms with Crippen molar-refractivity contribution in [2.24, 2.45) is 0 Å². The highest BCUT2D eigenvalue weighted by Gasteiger charge is 2.26. The quantitative estimate of drug-likeness (QED) is 0.549. The Bertz CT molecular complexity index is 615. The molecule has 3 rings (SSSR count). The molecule has 4 heteroatoms. The number of allylic oxidation sites excluding steroid dienone is 5. The van der Waals surface area contributed by atoms with Crippen LogP contribution in [0.2, 0.25) is 0 Å². The molecule has 0 unspecified atom stereocenters. The largest absolute Gasteiger partial charge is 0.231 e. The maximum atomic E-state index is 8.35. The van der Waals surface area contributed by atoms with E-state index in [4.69, 9.17) is 20.4 Å². The molecule has 0 saturated carbocycles. The molecule has 0 heterocycles. The molecule has 0 aliphatic heterocycles. The van der Waals surface area contributed by atoms with Crippen LogP contribution in [0.1, 0.15) is 17.5 Å². The Morgan fingerprint density at radius 2 is 1.58 bits per heavy atom. The minimum Gasteiger partial charge on any atom is -0.222 e. The van der Waals surface area contributed by atoms with Gasteiger partial charge in [-0.3, -0.25) is 0 Å². The monoisotopic (exact) mass is 252 g/mol. The number of hydrogen-bond acceptors (Lipinski definition) is 4. The van der Waals surface area contributed by atoms with E-state index >= 15 is 0 Å². The molecule has 0 fully saturated rings. The summed E-state index contributed by atoms with van der Waals surface area (Å²) in [7, 11) is 0.